The second-order valence-electron chi connectivity index (χ2n) is 6.65. The van der Waals surface area contributed by atoms with E-state index in [2.05, 4.69) is 5.32 Å². The molecule has 9 heteroatoms. The number of aryl methyl sites for hydroxylation is 2. The molecule has 0 unspecified atom stereocenters. The Kier molecular flexibility index (Phi) is 8.70. The topological polar surface area (TPSA) is 66.5 Å². The van der Waals surface area contributed by atoms with E-state index in [0.29, 0.717) is 33.8 Å². The molecule has 0 aliphatic rings. The van der Waals surface area contributed by atoms with Gasteiger partial charge in [-0.3, -0.25) is 9.10 Å². The van der Waals surface area contributed by atoms with Gasteiger partial charge in [-0.25, -0.2) is 8.42 Å². The second-order valence-corrected chi connectivity index (χ2v) is 10.5. The molecule has 0 aromatic heterocycles. The van der Waals surface area contributed by atoms with E-state index >= 15 is 0 Å². The summed E-state index contributed by atoms with van der Waals surface area (Å²) in [4.78, 5) is 12.4. The van der Waals surface area contributed by atoms with Crippen LogP contribution in [-0.4, -0.2) is 39.4 Å². The van der Waals surface area contributed by atoms with Gasteiger partial charge in [-0.15, -0.1) is 0 Å². The van der Waals surface area contributed by atoms with Gasteiger partial charge in [-0.2, -0.15) is 11.8 Å². The van der Waals surface area contributed by atoms with Crippen LogP contribution in [0.5, 0.6) is 0 Å². The van der Waals surface area contributed by atoms with Crippen molar-refractivity contribution >= 4 is 56.6 Å². The number of carbonyl (C=O) groups is 1. The number of rotatable bonds is 9. The van der Waals surface area contributed by atoms with Crippen molar-refractivity contribution in [3.63, 3.8) is 0 Å². The Morgan fingerprint density at radius 2 is 1.79 bits per heavy atom. The zero-order valence-electron chi connectivity index (χ0n) is 16.5. The van der Waals surface area contributed by atoms with E-state index in [0.717, 1.165) is 27.3 Å². The van der Waals surface area contributed by atoms with Crippen molar-refractivity contribution < 1.29 is 13.2 Å². The fraction of sp³-hybridized carbons (Fsp3) is 0.350. The lowest BCUT2D eigenvalue weighted by molar-refractivity contribution is -0.119. The Hall–Kier alpha value is -1.41. The second kappa shape index (κ2) is 10.6. The van der Waals surface area contributed by atoms with Crippen LogP contribution in [0.15, 0.2) is 36.4 Å². The maximum atomic E-state index is 12.4. The van der Waals surface area contributed by atoms with Gasteiger partial charge in [0.2, 0.25) is 15.9 Å². The van der Waals surface area contributed by atoms with Gasteiger partial charge in [-0.1, -0.05) is 47.5 Å². The monoisotopic (exact) mass is 474 g/mol. The quantitative estimate of drug-likeness (QED) is 0.545. The molecular weight excluding hydrogens is 451 g/mol. The van der Waals surface area contributed by atoms with Crippen molar-refractivity contribution in [1.29, 1.82) is 0 Å². The predicted molar refractivity (Wildman–Crippen MR) is 124 cm³/mol. The first kappa shape index (κ1) is 23.9. The summed E-state index contributed by atoms with van der Waals surface area (Å²) in [6, 6.07) is 10.9. The number of hydrogen-bond acceptors (Lipinski definition) is 4. The molecule has 0 spiro atoms. The number of amides is 1. The van der Waals surface area contributed by atoms with Crippen LogP contribution >= 0.6 is 35.0 Å². The Bertz CT molecular complexity index is 961. The maximum absolute atomic E-state index is 12.4. The van der Waals surface area contributed by atoms with Crippen LogP contribution in [0.3, 0.4) is 0 Å². The molecule has 0 saturated heterocycles. The van der Waals surface area contributed by atoms with E-state index in [-0.39, 0.29) is 12.5 Å². The van der Waals surface area contributed by atoms with E-state index in [1.54, 1.807) is 23.9 Å². The van der Waals surface area contributed by atoms with Crippen LogP contribution in [-0.2, 0) is 20.6 Å². The summed E-state index contributed by atoms with van der Waals surface area (Å²) in [7, 11) is -3.60. The smallest absolute Gasteiger partial charge is 0.240 e. The standard InChI is InChI=1S/C20H24Cl2N2O3S2/c1-14-5-4-6-15(2)20(14)24(29(3,26)27)12-19(25)23-9-10-28-13-16-7-8-17(21)11-18(16)22/h4-8,11H,9-10,12-13H2,1-3H3,(H,23,25). The summed E-state index contributed by atoms with van der Waals surface area (Å²) in [6.07, 6.45) is 1.11. The number of nitrogens with one attached hydrogen (secondary N) is 1. The molecule has 0 fully saturated rings. The number of halogens is 2. The number of benzene rings is 2. The van der Waals surface area contributed by atoms with Crippen LogP contribution in [0.2, 0.25) is 10.0 Å². The third-order valence-electron chi connectivity index (χ3n) is 4.22. The normalized spacial score (nSPS) is 11.3. The third-order valence-corrected chi connectivity index (χ3v) is 6.92. The summed E-state index contributed by atoms with van der Waals surface area (Å²) in [5.41, 5.74) is 3.14. The van der Waals surface area contributed by atoms with E-state index in [9.17, 15) is 13.2 Å². The van der Waals surface area contributed by atoms with Gasteiger partial charge < -0.3 is 5.32 Å². The van der Waals surface area contributed by atoms with Gasteiger partial charge in [0, 0.05) is 28.1 Å². The van der Waals surface area contributed by atoms with Crippen LogP contribution < -0.4 is 9.62 Å². The molecule has 1 N–H and O–H groups in total. The Morgan fingerprint density at radius 3 is 2.38 bits per heavy atom. The molecule has 158 valence electrons. The molecule has 0 heterocycles. The molecule has 2 aromatic carbocycles. The van der Waals surface area contributed by atoms with Gasteiger partial charge in [-0.05, 0) is 42.7 Å². The van der Waals surface area contributed by atoms with Gasteiger partial charge in [0.15, 0.2) is 0 Å². The minimum atomic E-state index is -3.60. The first-order chi connectivity index (χ1) is 13.6. The highest BCUT2D eigenvalue weighted by Crippen LogP contribution is 2.27. The zero-order valence-corrected chi connectivity index (χ0v) is 19.7. The first-order valence-corrected chi connectivity index (χ1v) is 12.7. The number of hydrogen-bond donors (Lipinski definition) is 1. The summed E-state index contributed by atoms with van der Waals surface area (Å²) in [6.45, 7) is 3.84. The highest BCUT2D eigenvalue weighted by molar-refractivity contribution is 7.98. The van der Waals surface area contributed by atoms with Gasteiger partial charge >= 0.3 is 0 Å². The molecule has 0 atom stereocenters. The van der Waals surface area contributed by atoms with Crippen molar-refractivity contribution in [1.82, 2.24) is 5.32 Å². The number of thioether (sulfide) groups is 1. The lowest BCUT2D eigenvalue weighted by Crippen LogP contribution is -2.41. The van der Waals surface area contributed by atoms with E-state index in [4.69, 9.17) is 23.2 Å². The Labute approximate surface area is 186 Å². The molecule has 29 heavy (non-hydrogen) atoms. The predicted octanol–water partition coefficient (Wildman–Crippen LogP) is 4.43. The number of para-hydroxylation sites is 1. The molecule has 0 saturated carbocycles. The first-order valence-electron chi connectivity index (χ1n) is 8.92. The average Bonchev–Trinajstić information content (AvgIpc) is 2.61. The molecule has 0 bridgehead atoms. The van der Waals surface area contributed by atoms with Crippen LogP contribution in [0, 0.1) is 13.8 Å². The summed E-state index contributed by atoms with van der Waals surface area (Å²) in [5, 5.41) is 3.99. The van der Waals surface area contributed by atoms with Crippen molar-refractivity contribution in [2.24, 2.45) is 0 Å². The van der Waals surface area contributed by atoms with Crippen LogP contribution in [0.4, 0.5) is 5.69 Å². The number of sulfonamides is 1. The highest BCUT2D eigenvalue weighted by Gasteiger charge is 2.23. The van der Waals surface area contributed by atoms with Crippen molar-refractivity contribution in [2.45, 2.75) is 19.6 Å². The largest absolute Gasteiger partial charge is 0.354 e. The molecule has 2 rings (SSSR count). The highest BCUT2D eigenvalue weighted by atomic mass is 35.5. The number of anilines is 1. The van der Waals surface area contributed by atoms with Gasteiger partial charge in [0.05, 0.1) is 11.9 Å². The summed E-state index contributed by atoms with van der Waals surface area (Å²) < 4.78 is 25.7. The number of carbonyl (C=O) groups excluding carboxylic acids is 1. The Balaban J connectivity index is 1.89. The summed E-state index contributed by atoms with van der Waals surface area (Å²) >= 11 is 13.7. The molecule has 0 radical (unpaired) electrons. The molecule has 1 amide bonds. The third kappa shape index (κ3) is 7.10. The minimum absolute atomic E-state index is 0.252. The lowest BCUT2D eigenvalue weighted by Gasteiger charge is -2.25. The fourth-order valence-electron chi connectivity index (χ4n) is 2.83. The van der Waals surface area contributed by atoms with Crippen molar-refractivity contribution in [2.75, 3.05) is 29.4 Å². The summed E-state index contributed by atoms with van der Waals surface area (Å²) in [5.74, 6) is 1.03. The lowest BCUT2D eigenvalue weighted by atomic mass is 10.1. The van der Waals surface area contributed by atoms with Crippen molar-refractivity contribution in [3.8, 4) is 0 Å². The molecule has 0 aliphatic carbocycles. The van der Waals surface area contributed by atoms with E-state index in [1.807, 2.05) is 38.1 Å². The van der Waals surface area contributed by atoms with E-state index in [1.165, 1.54) is 0 Å². The van der Waals surface area contributed by atoms with Crippen molar-refractivity contribution in [3.05, 3.63) is 63.1 Å². The van der Waals surface area contributed by atoms with Crippen LogP contribution in [0.25, 0.3) is 0 Å². The average molecular weight is 475 g/mol. The van der Waals surface area contributed by atoms with Crippen LogP contribution in [0.1, 0.15) is 16.7 Å². The Morgan fingerprint density at radius 1 is 1.14 bits per heavy atom. The molecule has 5 nitrogen and oxygen atoms in total. The molecular formula is C20H24Cl2N2O3S2. The van der Waals surface area contributed by atoms with Gasteiger partial charge in [0.1, 0.15) is 6.54 Å². The minimum Gasteiger partial charge on any atom is -0.354 e. The maximum Gasteiger partial charge on any atom is 0.240 e. The molecule has 0 aliphatic heterocycles. The SMILES string of the molecule is Cc1cccc(C)c1N(CC(=O)NCCSCc1ccc(Cl)cc1Cl)S(C)(=O)=O. The fourth-order valence-corrected chi connectivity index (χ4v) is 5.22. The molecule has 2 aromatic rings. The van der Waals surface area contributed by atoms with E-state index < -0.39 is 10.0 Å². The van der Waals surface area contributed by atoms with Gasteiger partial charge in [0.25, 0.3) is 0 Å². The number of nitrogens with zero attached hydrogens (tertiary/aromatic N) is 1. The zero-order chi connectivity index (χ0) is 21.6.